The molecule has 15 heavy (non-hydrogen) atoms. The predicted octanol–water partition coefficient (Wildman–Crippen LogP) is 0.897. The monoisotopic (exact) mass is 216 g/mol. The number of anilines is 1. The number of aromatic nitrogens is 2. The summed E-state index contributed by atoms with van der Waals surface area (Å²) < 4.78 is 24.2. The maximum absolute atomic E-state index is 12.1. The summed E-state index contributed by atoms with van der Waals surface area (Å²) >= 11 is 0. The van der Waals surface area contributed by atoms with Gasteiger partial charge in [-0.05, 0) is 7.05 Å². The normalized spacial score (nSPS) is 10.7. The maximum Gasteiger partial charge on any atom is 0.255 e. The van der Waals surface area contributed by atoms with Gasteiger partial charge in [-0.3, -0.25) is 4.98 Å². The van der Waals surface area contributed by atoms with Gasteiger partial charge in [-0.15, -0.1) is 0 Å². The van der Waals surface area contributed by atoms with Crippen LogP contribution in [0.25, 0.3) is 0 Å². The van der Waals surface area contributed by atoms with Crippen LogP contribution < -0.4 is 10.2 Å². The van der Waals surface area contributed by atoms with E-state index < -0.39 is 6.43 Å². The van der Waals surface area contributed by atoms with Crippen molar-refractivity contribution < 1.29 is 8.78 Å². The third kappa shape index (κ3) is 3.75. The Kier molecular flexibility index (Phi) is 4.36. The van der Waals surface area contributed by atoms with E-state index in [2.05, 4.69) is 15.3 Å². The van der Waals surface area contributed by atoms with Crippen molar-refractivity contribution in [2.45, 2.75) is 13.0 Å². The van der Waals surface area contributed by atoms with Gasteiger partial charge in [0.25, 0.3) is 6.43 Å². The number of halogens is 2. The van der Waals surface area contributed by atoms with Gasteiger partial charge in [0.05, 0.1) is 18.4 Å². The molecule has 0 aliphatic rings. The minimum atomic E-state index is -2.37. The Bertz CT molecular complexity index is 306. The molecule has 1 N–H and O–H groups in total. The molecule has 0 fully saturated rings. The van der Waals surface area contributed by atoms with Gasteiger partial charge >= 0.3 is 0 Å². The van der Waals surface area contributed by atoms with Gasteiger partial charge in [0.2, 0.25) is 0 Å². The van der Waals surface area contributed by atoms with Gasteiger partial charge in [0.1, 0.15) is 5.82 Å². The van der Waals surface area contributed by atoms with E-state index in [1.165, 1.54) is 11.1 Å². The van der Waals surface area contributed by atoms with Crippen LogP contribution in [-0.4, -0.2) is 37.0 Å². The molecule has 1 aromatic heterocycles. The summed E-state index contributed by atoms with van der Waals surface area (Å²) in [6.45, 7) is 0.237. The average molecular weight is 216 g/mol. The highest BCUT2D eigenvalue weighted by atomic mass is 19.3. The first-order chi connectivity index (χ1) is 7.13. The van der Waals surface area contributed by atoms with Crippen LogP contribution in [0.5, 0.6) is 0 Å². The van der Waals surface area contributed by atoms with Crippen molar-refractivity contribution in [3.63, 3.8) is 0 Å². The minimum Gasteiger partial charge on any atom is -0.353 e. The zero-order chi connectivity index (χ0) is 11.3. The van der Waals surface area contributed by atoms with Crippen LogP contribution in [0.2, 0.25) is 0 Å². The van der Waals surface area contributed by atoms with Crippen molar-refractivity contribution in [2.75, 3.05) is 25.5 Å². The number of nitrogens with one attached hydrogen (secondary N) is 1. The van der Waals surface area contributed by atoms with Crippen LogP contribution in [0.15, 0.2) is 12.4 Å². The Balaban J connectivity index is 2.71. The van der Waals surface area contributed by atoms with Crippen LogP contribution >= 0.6 is 0 Å². The van der Waals surface area contributed by atoms with Crippen molar-refractivity contribution >= 4 is 5.82 Å². The topological polar surface area (TPSA) is 41.1 Å². The molecular formula is C9H14F2N4. The lowest BCUT2D eigenvalue weighted by molar-refractivity contribution is 0.156. The van der Waals surface area contributed by atoms with Crippen LogP contribution in [-0.2, 0) is 6.54 Å². The summed E-state index contributed by atoms with van der Waals surface area (Å²) in [4.78, 5) is 9.51. The molecule has 1 rings (SSSR count). The second-order valence-electron chi connectivity index (χ2n) is 3.17. The van der Waals surface area contributed by atoms with E-state index in [9.17, 15) is 8.78 Å². The molecule has 0 bridgehead atoms. The van der Waals surface area contributed by atoms with E-state index >= 15 is 0 Å². The number of nitrogens with zero attached hydrogens (tertiary/aromatic N) is 3. The number of alkyl halides is 2. The molecular weight excluding hydrogens is 202 g/mol. The Morgan fingerprint density at radius 2 is 2.20 bits per heavy atom. The SMILES string of the molecule is CNCc1cncc(N(C)CC(F)F)n1. The smallest absolute Gasteiger partial charge is 0.255 e. The molecule has 0 amide bonds. The van der Waals surface area contributed by atoms with Crippen molar-refractivity contribution in [3.05, 3.63) is 18.1 Å². The first-order valence-corrected chi connectivity index (χ1v) is 4.58. The van der Waals surface area contributed by atoms with Crippen LogP contribution in [0.3, 0.4) is 0 Å². The number of hydrogen-bond acceptors (Lipinski definition) is 4. The predicted molar refractivity (Wildman–Crippen MR) is 54.1 cm³/mol. The van der Waals surface area contributed by atoms with E-state index in [-0.39, 0.29) is 6.54 Å². The molecule has 0 unspecified atom stereocenters. The molecule has 0 aromatic carbocycles. The summed E-state index contributed by atoms with van der Waals surface area (Å²) in [7, 11) is 3.36. The molecule has 0 aliphatic carbocycles. The number of rotatable bonds is 5. The summed E-state index contributed by atoms with van der Waals surface area (Å²) in [6.07, 6.45) is 0.711. The third-order valence-electron chi connectivity index (χ3n) is 1.83. The van der Waals surface area contributed by atoms with Crippen molar-refractivity contribution in [3.8, 4) is 0 Å². The second-order valence-corrected chi connectivity index (χ2v) is 3.17. The van der Waals surface area contributed by atoms with Gasteiger partial charge in [0.15, 0.2) is 0 Å². The lowest BCUT2D eigenvalue weighted by Gasteiger charge is -2.17. The number of hydrogen-bond donors (Lipinski definition) is 1. The van der Waals surface area contributed by atoms with Crippen molar-refractivity contribution in [1.29, 1.82) is 0 Å². The molecule has 0 spiro atoms. The van der Waals surface area contributed by atoms with E-state index in [0.29, 0.717) is 12.4 Å². The summed E-state index contributed by atoms with van der Waals surface area (Å²) in [5.74, 6) is 0.461. The van der Waals surface area contributed by atoms with E-state index in [0.717, 1.165) is 5.69 Å². The lowest BCUT2D eigenvalue weighted by atomic mass is 10.4. The fourth-order valence-electron chi connectivity index (χ4n) is 1.15. The van der Waals surface area contributed by atoms with Crippen molar-refractivity contribution in [1.82, 2.24) is 15.3 Å². The highest BCUT2D eigenvalue weighted by Gasteiger charge is 2.10. The molecule has 4 nitrogen and oxygen atoms in total. The third-order valence-corrected chi connectivity index (χ3v) is 1.83. The molecule has 0 saturated carbocycles. The first kappa shape index (κ1) is 11.8. The summed E-state index contributed by atoms with van der Waals surface area (Å²) in [5.41, 5.74) is 0.733. The quantitative estimate of drug-likeness (QED) is 0.794. The fourth-order valence-corrected chi connectivity index (χ4v) is 1.15. The second kappa shape index (κ2) is 5.55. The van der Waals surface area contributed by atoms with Gasteiger partial charge in [-0.2, -0.15) is 0 Å². The Morgan fingerprint density at radius 3 is 2.80 bits per heavy atom. The highest BCUT2D eigenvalue weighted by molar-refractivity contribution is 5.35. The molecule has 1 aromatic rings. The Morgan fingerprint density at radius 1 is 1.47 bits per heavy atom. The Labute approximate surface area is 87.3 Å². The maximum atomic E-state index is 12.1. The Hall–Kier alpha value is -1.30. The zero-order valence-corrected chi connectivity index (χ0v) is 8.74. The molecule has 0 atom stereocenters. The van der Waals surface area contributed by atoms with Gasteiger partial charge in [-0.25, -0.2) is 13.8 Å². The van der Waals surface area contributed by atoms with Gasteiger partial charge in [-0.1, -0.05) is 0 Å². The van der Waals surface area contributed by atoms with Gasteiger partial charge < -0.3 is 10.2 Å². The average Bonchev–Trinajstić information content (AvgIpc) is 2.17. The van der Waals surface area contributed by atoms with Crippen LogP contribution in [0.4, 0.5) is 14.6 Å². The molecule has 1 heterocycles. The lowest BCUT2D eigenvalue weighted by Crippen LogP contribution is -2.25. The zero-order valence-electron chi connectivity index (χ0n) is 8.74. The molecule has 84 valence electrons. The van der Waals surface area contributed by atoms with E-state index in [1.54, 1.807) is 20.3 Å². The fraction of sp³-hybridized carbons (Fsp3) is 0.556. The van der Waals surface area contributed by atoms with Crippen molar-refractivity contribution in [2.24, 2.45) is 0 Å². The molecule has 0 aliphatic heterocycles. The standard InChI is InChI=1S/C9H14F2N4/c1-12-3-7-4-13-5-9(14-7)15(2)6-8(10)11/h4-5,8,12H,3,6H2,1-2H3. The summed E-state index contributed by atoms with van der Waals surface area (Å²) in [5, 5.41) is 2.92. The summed E-state index contributed by atoms with van der Waals surface area (Å²) in [6, 6.07) is 0. The molecule has 6 heteroatoms. The largest absolute Gasteiger partial charge is 0.353 e. The van der Waals surface area contributed by atoms with Gasteiger partial charge in [0, 0.05) is 19.8 Å². The minimum absolute atomic E-state index is 0.336. The molecule has 0 saturated heterocycles. The van der Waals surface area contributed by atoms with Crippen LogP contribution in [0.1, 0.15) is 5.69 Å². The van der Waals surface area contributed by atoms with Crippen LogP contribution in [0, 0.1) is 0 Å². The first-order valence-electron chi connectivity index (χ1n) is 4.58. The van der Waals surface area contributed by atoms with E-state index in [4.69, 9.17) is 0 Å². The van der Waals surface area contributed by atoms with E-state index in [1.807, 2.05) is 0 Å². The molecule has 0 radical (unpaired) electrons. The highest BCUT2D eigenvalue weighted by Crippen LogP contribution is 2.09.